The van der Waals surface area contributed by atoms with Crippen LogP contribution in [-0.4, -0.2) is 0 Å². The van der Waals surface area contributed by atoms with Gasteiger partial charge in [-0.2, -0.15) is 0 Å². The van der Waals surface area contributed by atoms with Crippen LogP contribution in [0.5, 0.6) is 0 Å². The van der Waals surface area contributed by atoms with Gasteiger partial charge in [-0.25, -0.2) is 0 Å². The van der Waals surface area contributed by atoms with Crippen molar-refractivity contribution in [3.05, 3.63) is 247 Å². The standard InChI is InChI=1S/C69H61N/c1-67(2,3)52-41-51(42-53(45-52)68(4,5)6)55-32-21-27-48-28-22-33-59(66(48)55)58-31-17-20-36-64(58)70(65-40-38-49(46-23-11-9-12-24-46)43-60(65)47-25-13-10-14-26-47)63-35-19-16-29-54(63)50-37-39-57-56-30-15-18-34-61(56)69(7,8)62(57)44-50/h9-45H,1-8H3. The summed E-state index contributed by atoms with van der Waals surface area (Å²) in [7, 11) is 0. The van der Waals surface area contributed by atoms with E-state index in [1.807, 2.05) is 0 Å². The van der Waals surface area contributed by atoms with Gasteiger partial charge in [0.2, 0.25) is 0 Å². The van der Waals surface area contributed by atoms with E-state index in [4.69, 9.17) is 0 Å². The number of nitrogens with zero attached hydrogens (tertiary/aromatic N) is 1. The fourth-order valence-electron chi connectivity index (χ4n) is 10.9. The molecule has 11 rings (SSSR count). The van der Waals surface area contributed by atoms with Gasteiger partial charge in [-0.15, -0.1) is 0 Å². The van der Waals surface area contributed by atoms with Crippen molar-refractivity contribution in [3.8, 4) is 66.8 Å². The van der Waals surface area contributed by atoms with Crippen LogP contribution in [0, 0.1) is 0 Å². The molecule has 0 bridgehead atoms. The second-order valence-electron chi connectivity index (χ2n) is 21.8. The highest BCUT2D eigenvalue weighted by atomic mass is 15.1. The Morgan fingerprint density at radius 2 is 0.800 bits per heavy atom. The van der Waals surface area contributed by atoms with E-state index in [2.05, 4.69) is 285 Å². The molecular weight excluding hydrogens is 843 g/mol. The zero-order valence-corrected chi connectivity index (χ0v) is 41.8. The van der Waals surface area contributed by atoms with Crippen molar-refractivity contribution in [3.63, 3.8) is 0 Å². The van der Waals surface area contributed by atoms with Crippen molar-refractivity contribution in [2.75, 3.05) is 4.90 Å². The summed E-state index contributed by atoms with van der Waals surface area (Å²) in [5.74, 6) is 0. The summed E-state index contributed by atoms with van der Waals surface area (Å²) >= 11 is 0. The molecule has 0 saturated carbocycles. The Balaban J connectivity index is 1.19. The summed E-state index contributed by atoms with van der Waals surface area (Å²) < 4.78 is 0. The van der Waals surface area contributed by atoms with Gasteiger partial charge < -0.3 is 4.90 Å². The van der Waals surface area contributed by atoms with Crippen molar-refractivity contribution >= 4 is 27.8 Å². The van der Waals surface area contributed by atoms with E-state index in [1.54, 1.807) is 0 Å². The summed E-state index contributed by atoms with van der Waals surface area (Å²) in [5, 5.41) is 2.47. The lowest BCUT2D eigenvalue weighted by molar-refractivity contribution is 0.569. The van der Waals surface area contributed by atoms with E-state index in [0.29, 0.717) is 0 Å². The SMILES string of the molecule is CC(C)(C)c1cc(-c2cccc3cccc(-c4ccccc4N(c4ccccc4-c4ccc5c(c4)C(C)(C)c4ccccc4-5)c4ccc(-c5ccccc5)cc4-c4ccccc4)c23)cc(C(C)(C)C)c1. The Hall–Kier alpha value is -7.74. The van der Waals surface area contributed by atoms with Gasteiger partial charge in [0, 0.05) is 22.1 Å². The molecule has 0 heterocycles. The smallest absolute Gasteiger partial charge is 0.0540 e. The molecular formula is C69H61N. The largest absolute Gasteiger partial charge is 0.309 e. The zero-order valence-electron chi connectivity index (χ0n) is 41.8. The minimum absolute atomic E-state index is 0.0188. The quantitative estimate of drug-likeness (QED) is 0.147. The predicted molar refractivity (Wildman–Crippen MR) is 301 cm³/mol. The van der Waals surface area contributed by atoms with E-state index in [0.717, 1.165) is 33.8 Å². The van der Waals surface area contributed by atoms with Gasteiger partial charge in [0.05, 0.1) is 17.1 Å². The Labute approximate surface area is 415 Å². The molecule has 1 aliphatic rings. The monoisotopic (exact) mass is 903 g/mol. The van der Waals surface area contributed by atoms with E-state index < -0.39 is 0 Å². The third-order valence-electron chi connectivity index (χ3n) is 14.8. The molecule has 0 aliphatic heterocycles. The zero-order chi connectivity index (χ0) is 48.4. The molecule has 342 valence electrons. The molecule has 1 heteroatoms. The molecule has 1 aliphatic carbocycles. The fourth-order valence-corrected chi connectivity index (χ4v) is 10.9. The lowest BCUT2D eigenvalue weighted by Gasteiger charge is -2.32. The molecule has 10 aromatic rings. The first-order chi connectivity index (χ1) is 33.8. The van der Waals surface area contributed by atoms with E-state index in [9.17, 15) is 0 Å². The first-order valence-corrected chi connectivity index (χ1v) is 24.9. The highest BCUT2D eigenvalue weighted by Crippen LogP contribution is 2.53. The molecule has 0 fully saturated rings. The van der Waals surface area contributed by atoms with Gasteiger partial charge in [0.15, 0.2) is 0 Å². The minimum atomic E-state index is -0.136. The first-order valence-electron chi connectivity index (χ1n) is 24.9. The van der Waals surface area contributed by atoms with Gasteiger partial charge in [-0.05, 0) is 124 Å². The Bertz CT molecular complexity index is 3540. The second-order valence-corrected chi connectivity index (χ2v) is 21.8. The molecule has 0 atom stereocenters. The number of hydrogen-bond donors (Lipinski definition) is 0. The average molecular weight is 904 g/mol. The predicted octanol–water partition coefficient (Wildman–Crippen LogP) is 19.5. The molecule has 0 unspecified atom stereocenters. The van der Waals surface area contributed by atoms with E-state index in [1.165, 1.54) is 83.1 Å². The van der Waals surface area contributed by atoms with Crippen LogP contribution < -0.4 is 4.90 Å². The highest BCUT2D eigenvalue weighted by molar-refractivity contribution is 6.10. The van der Waals surface area contributed by atoms with Crippen molar-refractivity contribution < 1.29 is 0 Å². The topological polar surface area (TPSA) is 3.24 Å². The van der Waals surface area contributed by atoms with Crippen LogP contribution in [-0.2, 0) is 16.2 Å². The normalized spacial score (nSPS) is 13.0. The number of anilines is 3. The van der Waals surface area contributed by atoms with Gasteiger partial charge in [-0.1, -0.05) is 250 Å². The molecule has 0 aromatic heterocycles. The van der Waals surface area contributed by atoms with Crippen LogP contribution in [0.4, 0.5) is 17.1 Å². The Morgan fingerprint density at radius 1 is 0.300 bits per heavy atom. The summed E-state index contributed by atoms with van der Waals surface area (Å²) in [6, 6.07) is 83.9. The lowest BCUT2D eigenvalue weighted by Crippen LogP contribution is -2.16. The summed E-state index contributed by atoms with van der Waals surface area (Å²) in [5.41, 5.74) is 23.1. The van der Waals surface area contributed by atoms with Crippen LogP contribution in [0.1, 0.15) is 77.6 Å². The summed E-state index contributed by atoms with van der Waals surface area (Å²) in [6.07, 6.45) is 0. The molecule has 0 amide bonds. The van der Waals surface area contributed by atoms with Crippen LogP contribution in [0.15, 0.2) is 224 Å². The molecule has 0 spiro atoms. The molecule has 10 aromatic carbocycles. The van der Waals surface area contributed by atoms with Crippen LogP contribution in [0.25, 0.3) is 77.5 Å². The van der Waals surface area contributed by atoms with Crippen LogP contribution >= 0.6 is 0 Å². The van der Waals surface area contributed by atoms with Crippen LogP contribution in [0.2, 0.25) is 0 Å². The second kappa shape index (κ2) is 17.3. The molecule has 0 saturated heterocycles. The first kappa shape index (κ1) is 44.7. The number of para-hydroxylation sites is 2. The van der Waals surface area contributed by atoms with E-state index >= 15 is 0 Å². The molecule has 1 nitrogen and oxygen atoms in total. The van der Waals surface area contributed by atoms with Gasteiger partial charge in [0.25, 0.3) is 0 Å². The number of benzene rings is 10. The third kappa shape index (κ3) is 7.94. The average Bonchev–Trinajstić information content (AvgIpc) is 3.61. The maximum atomic E-state index is 2.55. The van der Waals surface area contributed by atoms with Crippen molar-refractivity contribution in [1.29, 1.82) is 0 Å². The third-order valence-corrected chi connectivity index (χ3v) is 14.8. The number of fused-ring (bicyclic) bond motifs is 4. The van der Waals surface area contributed by atoms with Crippen molar-refractivity contribution in [1.82, 2.24) is 0 Å². The van der Waals surface area contributed by atoms with Crippen molar-refractivity contribution in [2.24, 2.45) is 0 Å². The molecule has 0 radical (unpaired) electrons. The van der Waals surface area contributed by atoms with Gasteiger partial charge in [0.1, 0.15) is 0 Å². The maximum Gasteiger partial charge on any atom is 0.0540 e. The van der Waals surface area contributed by atoms with Gasteiger partial charge in [-0.3, -0.25) is 0 Å². The van der Waals surface area contributed by atoms with Crippen molar-refractivity contribution in [2.45, 2.75) is 71.6 Å². The fraction of sp³-hybridized carbons (Fsp3) is 0.159. The lowest BCUT2D eigenvalue weighted by atomic mass is 9.78. The summed E-state index contributed by atoms with van der Waals surface area (Å²) in [4.78, 5) is 2.55. The summed E-state index contributed by atoms with van der Waals surface area (Å²) in [6.45, 7) is 18.7. The maximum absolute atomic E-state index is 2.55. The number of rotatable bonds is 8. The Morgan fingerprint density at radius 3 is 1.46 bits per heavy atom. The minimum Gasteiger partial charge on any atom is -0.309 e. The highest BCUT2D eigenvalue weighted by Gasteiger charge is 2.36. The molecule has 0 N–H and O–H groups in total. The van der Waals surface area contributed by atoms with Gasteiger partial charge >= 0.3 is 0 Å². The van der Waals surface area contributed by atoms with E-state index in [-0.39, 0.29) is 16.2 Å². The van der Waals surface area contributed by atoms with Crippen LogP contribution in [0.3, 0.4) is 0 Å². The molecule has 70 heavy (non-hydrogen) atoms. The Kier molecular flexibility index (Phi) is 11.1. The number of hydrogen-bond acceptors (Lipinski definition) is 1.